The van der Waals surface area contributed by atoms with Crippen molar-refractivity contribution >= 4 is 5.97 Å². The maximum absolute atomic E-state index is 8.89. The van der Waals surface area contributed by atoms with Crippen molar-refractivity contribution in [2.75, 3.05) is 52.4 Å². The number of quaternary nitrogens is 2. The third-order valence-electron chi connectivity index (χ3n) is 5.37. The molecule has 0 unspecified atom stereocenters. The highest BCUT2D eigenvalue weighted by Gasteiger charge is 2.16. The van der Waals surface area contributed by atoms with Crippen molar-refractivity contribution in [1.29, 1.82) is 0 Å². The van der Waals surface area contributed by atoms with Crippen LogP contribution in [0.4, 0.5) is 0 Å². The van der Waals surface area contributed by atoms with Gasteiger partial charge in [-0.1, -0.05) is 0 Å². The number of rotatable bonds is 8. The Morgan fingerprint density at radius 3 is 0.696 bits per heavy atom. The zero-order valence-corrected chi connectivity index (χ0v) is 18.8. The van der Waals surface area contributed by atoms with Crippen LogP contribution in [0.25, 0.3) is 0 Å². The number of hydrogen-bond donors (Lipinski definition) is 0. The number of carboxylic acid groups (broad SMARTS) is 1. The highest BCUT2D eigenvalue weighted by molar-refractivity contribution is 5.60. The molecule has 5 heteroatoms. The Balaban J connectivity index is -0.000000124. The Kier molecular flexibility index (Phi) is 24.3. The summed E-state index contributed by atoms with van der Waals surface area (Å²) in [6.45, 7) is 29.4. The summed E-state index contributed by atoms with van der Waals surface area (Å²) in [6.07, 6.45) is 0. The SMILES string of the molecule is CC(=O)[O-].CC[N+](CC)(CC)CC.CC[N+](CC)(CC)CC.[Br-]. The first kappa shape index (κ1) is 30.7. The quantitative estimate of drug-likeness (QED) is 0.518. The first-order valence-electron chi connectivity index (χ1n) is 9.09. The molecule has 0 spiro atoms. The van der Waals surface area contributed by atoms with E-state index in [9.17, 15) is 0 Å². The topological polar surface area (TPSA) is 40.1 Å². The van der Waals surface area contributed by atoms with Gasteiger partial charge in [0.05, 0.1) is 52.4 Å². The number of hydrogen-bond acceptors (Lipinski definition) is 2. The molecule has 0 amide bonds. The van der Waals surface area contributed by atoms with E-state index in [4.69, 9.17) is 9.90 Å². The monoisotopic (exact) mass is 398 g/mol. The lowest BCUT2D eigenvalue weighted by atomic mass is 10.3. The first-order valence-corrected chi connectivity index (χ1v) is 9.09. The Labute approximate surface area is 156 Å². The van der Waals surface area contributed by atoms with Gasteiger partial charge >= 0.3 is 0 Å². The highest BCUT2D eigenvalue weighted by atomic mass is 79.9. The Morgan fingerprint density at radius 1 is 0.609 bits per heavy atom. The van der Waals surface area contributed by atoms with Gasteiger partial charge in [-0.25, -0.2) is 0 Å². The van der Waals surface area contributed by atoms with E-state index in [2.05, 4.69) is 55.4 Å². The summed E-state index contributed by atoms with van der Waals surface area (Å²) in [7, 11) is 0. The molecule has 0 aromatic carbocycles. The molecule has 0 saturated carbocycles. The van der Waals surface area contributed by atoms with Gasteiger partial charge in [0.15, 0.2) is 0 Å². The molecule has 0 aliphatic heterocycles. The first-order chi connectivity index (χ1) is 10.2. The Morgan fingerprint density at radius 2 is 0.696 bits per heavy atom. The molecule has 0 aromatic rings. The largest absolute Gasteiger partial charge is 1.00 e. The van der Waals surface area contributed by atoms with Crippen LogP contribution in [0.15, 0.2) is 0 Å². The van der Waals surface area contributed by atoms with Crippen LogP contribution in [0.3, 0.4) is 0 Å². The van der Waals surface area contributed by atoms with E-state index in [1.807, 2.05) is 0 Å². The molecular formula is C18H43BrN2O2. The molecule has 0 bridgehead atoms. The summed E-state index contributed by atoms with van der Waals surface area (Å²) in [6, 6.07) is 0. The standard InChI is InChI=1S/2C8H20N.C2H4O2.BrH/c2*1-5-9(6-2,7-3)8-4;1-2(3)4;/h2*5-8H2,1-4H3;1H3,(H,3,4);1H/q2*+1;;/p-2. The van der Waals surface area contributed by atoms with Crippen LogP contribution in [0.5, 0.6) is 0 Å². The fraction of sp³-hybridized carbons (Fsp3) is 0.944. The van der Waals surface area contributed by atoms with E-state index in [1.54, 1.807) is 0 Å². The lowest BCUT2D eigenvalue weighted by molar-refractivity contribution is -0.921. The molecule has 0 aliphatic rings. The molecule has 144 valence electrons. The molecule has 0 fully saturated rings. The molecule has 0 rings (SSSR count). The average Bonchev–Trinajstić information content (AvgIpc) is 2.53. The number of halogens is 1. The van der Waals surface area contributed by atoms with E-state index < -0.39 is 5.97 Å². The zero-order chi connectivity index (χ0) is 18.2. The summed E-state index contributed by atoms with van der Waals surface area (Å²) < 4.78 is 2.56. The Bertz CT molecular complexity index is 194. The minimum absolute atomic E-state index is 0. The van der Waals surface area contributed by atoms with Crippen molar-refractivity contribution in [3.63, 3.8) is 0 Å². The maximum atomic E-state index is 8.89. The van der Waals surface area contributed by atoms with Crippen molar-refractivity contribution in [1.82, 2.24) is 0 Å². The van der Waals surface area contributed by atoms with E-state index in [0.29, 0.717) is 0 Å². The van der Waals surface area contributed by atoms with Crippen molar-refractivity contribution in [3.05, 3.63) is 0 Å². The van der Waals surface area contributed by atoms with Crippen LogP contribution in [0, 0.1) is 0 Å². The van der Waals surface area contributed by atoms with E-state index >= 15 is 0 Å². The summed E-state index contributed by atoms with van der Waals surface area (Å²) >= 11 is 0. The average molecular weight is 399 g/mol. The molecule has 0 saturated heterocycles. The van der Waals surface area contributed by atoms with E-state index in [0.717, 1.165) is 6.92 Å². The number of carboxylic acids is 1. The van der Waals surface area contributed by atoms with E-state index in [1.165, 1.54) is 61.3 Å². The lowest BCUT2D eigenvalue weighted by Crippen LogP contribution is -3.00. The highest BCUT2D eigenvalue weighted by Crippen LogP contribution is 2.03. The van der Waals surface area contributed by atoms with Gasteiger partial charge in [-0.2, -0.15) is 0 Å². The molecule has 23 heavy (non-hydrogen) atoms. The normalized spacial score (nSPS) is 10.5. The number of nitrogens with zero attached hydrogens (tertiary/aromatic N) is 2. The summed E-state index contributed by atoms with van der Waals surface area (Å²) in [4.78, 5) is 8.89. The van der Waals surface area contributed by atoms with Crippen molar-refractivity contribution < 1.29 is 35.8 Å². The fourth-order valence-electron chi connectivity index (χ4n) is 2.68. The van der Waals surface area contributed by atoms with Crippen LogP contribution >= 0.6 is 0 Å². The van der Waals surface area contributed by atoms with Crippen LogP contribution in [-0.4, -0.2) is 67.3 Å². The van der Waals surface area contributed by atoms with E-state index in [-0.39, 0.29) is 17.0 Å². The van der Waals surface area contributed by atoms with Gasteiger partial charge in [0.2, 0.25) is 0 Å². The van der Waals surface area contributed by atoms with Crippen LogP contribution in [0.2, 0.25) is 0 Å². The van der Waals surface area contributed by atoms with Gasteiger partial charge in [-0.15, -0.1) is 0 Å². The second-order valence-electron chi connectivity index (χ2n) is 5.70. The predicted octanol–water partition coefficient (Wildman–Crippen LogP) is -0.474. The molecule has 0 heterocycles. The number of aliphatic carboxylic acids is 1. The van der Waals surface area contributed by atoms with Gasteiger partial charge in [0.25, 0.3) is 0 Å². The van der Waals surface area contributed by atoms with Gasteiger partial charge in [-0.3, -0.25) is 0 Å². The van der Waals surface area contributed by atoms with Crippen molar-refractivity contribution in [2.45, 2.75) is 62.3 Å². The number of carbonyl (C=O) groups is 1. The molecular weight excluding hydrogens is 356 g/mol. The number of carbonyl (C=O) groups excluding carboxylic acids is 1. The van der Waals surface area contributed by atoms with Crippen LogP contribution in [-0.2, 0) is 4.79 Å². The third-order valence-corrected chi connectivity index (χ3v) is 5.37. The lowest BCUT2D eigenvalue weighted by Gasteiger charge is -2.34. The minimum atomic E-state index is -1.08. The maximum Gasteiger partial charge on any atom is 0.0757 e. The Hall–Kier alpha value is -0.130. The second kappa shape index (κ2) is 18.2. The van der Waals surface area contributed by atoms with Gasteiger partial charge in [-0.05, 0) is 62.3 Å². The molecule has 4 nitrogen and oxygen atoms in total. The molecule has 0 atom stereocenters. The second-order valence-corrected chi connectivity index (χ2v) is 5.70. The molecule has 0 aliphatic carbocycles. The van der Waals surface area contributed by atoms with Crippen LogP contribution in [0.1, 0.15) is 62.3 Å². The summed E-state index contributed by atoms with van der Waals surface area (Å²) in [5, 5.41) is 8.89. The predicted molar refractivity (Wildman–Crippen MR) is 95.5 cm³/mol. The van der Waals surface area contributed by atoms with Crippen molar-refractivity contribution in [2.24, 2.45) is 0 Å². The summed E-state index contributed by atoms with van der Waals surface area (Å²) in [5.74, 6) is -1.08. The fourth-order valence-corrected chi connectivity index (χ4v) is 2.68. The molecule has 0 aromatic heterocycles. The van der Waals surface area contributed by atoms with Gasteiger partial charge in [0.1, 0.15) is 0 Å². The zero-order valence-electron chi connectivity index (χ0n) is 17.2. The minimum Gasteiger partial charge on any atom is -1.00 e. The van der Waals surface area contributed by atoms with Gasteiger partial charge < -0.3 is 35.8 Å². The van der Waals surface area contributed by atoms with Crippen molar-refractivity contribution in [3.8, 4) is 0 Å². The molecule has 0 N–H and O–H groups in total. The molecule has 0 radical (unpaired) electrons. The summed E-state index contributed by atoms with van der Waals surface area (Å²) in [5.41, 5.74) is 0. The smallest absolute Gasteiger partial charge is 0.0757 e. The van der Waals surface area contributed by atoms with Crippen LogP contribution < -0.4 is 22.1 Å². The van der Waals surface area contributed by atoms with Gasteiger partial charge in [0, 0.05) is 5.97 Å². The third kappa shape index (κ3) is 15.2.